The molecule has 0 saturated carbocycles. The molecule has 2 aliphatic rings. The molecule has 0 bridgehead atoms. The van der Waals surface area contributed by atoms with Crippen molar-refractivity contribution in [1.29, 1.82) is 0 Å². The lowest BCUT2D eigenvalue weighted by Gasteiger charge is -2.36. The highest BCUT2D eigenvalue weighted by atomic mass is 32.2. The molecular formula is C27H33N3O7S. The number of nitrogens with zero attached hydrogens (tertiary/aromatic N) is 3. The number of piperazine rings is 1. The number of ether oxygens (including phenoxy) is 2. The van der Waals surface area contributed by atoms with E-state index in [0.717, 1.165) is 44.2 Å². The second-order valence-electron chi connectivity index (χ2n) is 8.29. The van der Waals surface area contributed by atoms with E-state index in [1.807, 2.05) is 0 Å². The Morgan fingerprint density at radius 1 is 0.842 bits per heavy atom. The van der Waals surface area contributed by atoms with Crippen LogP contribution in [-0.4, -0.2) is 109 Å². The molecule has 1 saturated heterocycles. The van der Waals surface area contributed by atoms with Gasteiger partial charge >= 0.3 is 11.9 Å². The number of amidine groups is 1. The molecule has 0 radical (unpaired) electrons. The summed E-state index contributed by atoms with van der Waals surface area (Å²) in [5, 5.41) is 24.3. The van der Waals surface area contributed by atoms with E-state index in [-0.39, 0.29) is 6.61 Å². The smallest absolute Gasteiger partial charge is 0.328 e. The number of carboxylic acid groups (broad SMARTS) is 2. The number of aliphatic hydroxyl groups is 1. The van der Waals surface area contributed by atoms with Crippen LogP contribution in [0.3, 0.4) is 0 Å². The third kappa shape index (κ3) is 9.58. The van der Waals surface area contributed by atoms with Gasteiger partial charge in [0.15, 0.2) is 0 Å². The van der Waals surface area contributed by atoms with Crippen LogP contribution in [0.25, 0.3) is 0 Å². The number of carbonyl (C=O) groups is 2. The molecule has 0 unspecified atom stereocenters. The summed E-state index contributed by atoms with van der Waals surface area (Å²) in [6.07, 6.45) is 1.12. The number of aliphatic imine (C=N–C) groups is 1. The number of carboxylic acids is 2. The lowest BCUT2D eigenvalue weighted by atomic mass is 10.1. The Morgan fingerprint density at radius 2 is 1.45 bits per heavy atom. The number of rotatable bonds is 10. The molecule has 38 heavy (non-hydrogen) atoms. The van der Waals surface area contributed by atoms with Crippen LogP contribution in [0.15, 0.2) is 75.5 Å². The largest absolute Gasteiger partial charge is 0.478 e. The van der Waals surface area contributed by atoms with Gasteiger partial charge in [0.25, 0.3) is 0 Å². The van der Waals surface area contributed by atoms with Gasteiger partial charge in [-0.3, -0.25) is 4.90 Å². The summed E-state index contributed by atoms with van der Waals surface area (Å²) in [4.78, 5) is 31.5. The Balaban J connectivity index is 0.000000436. The molecule has 2 heterocycles. The van der Waals surface area contributed by atoms with Crippen molar-refractivity contribution in [2.24, 2.45) is 4.99 Å². The summed E-state index contributed by atoms with van der Waals surface area (Å²) in [6, 6.07) is 17.0. The normalized spacial score (nSPS) is 15.1. The van der Waals surface area contributed by atoms with E-state index in [4.69, 9.17) is 29.8 Å². The summed E-state index contributed by atoms with van der Waals surface area (Å²) in [5.74, 6) is -1.43. The Hall–Kier alpha value is -3.22. The Kier molecular flexibility index (Phi) is 12.3. The first-order chi connectivity index (χ1) is 18.5. The molecule has 2 aromatic carbocycles. The molecule has 0 atom stereocenters. The molecule has 0 aliphatic carbocycles. The molecule has 204 valence electrons. The fourth-order valence-corrected chi connectivity index (χ4v) is 4.83. The van der Waals surface area contributed by atoms with Gasteiger partial charge in [-0.15, -0.1) is 0 Å². The quantitative estimate of drug-likeness (QED) is 0.303. The van der Waals surface area contributed by atoms with E-state index in [0.29, 0.717) is 38.6 Å². The highest BCUT2D eigenvalue weighted by molar-refractivity contribution is 7.99. The molecule has 2 aliphatic heterocycles. The van der Waals surface area contributed by atoms with Crippen molar-refractivity contribution in [1.82, 2.24) is 9.80 Å². The SMILES string of the molecule is O=C(O)/C=C\C(=O)O.OCCOCCOCCN1CCN(C2=Nc3ccccc3Sc3ccccc32)CC1. The van der Waals surface area contributed by atoms with E-state index < -0.39 is 11.9 Å². The number of aliphatic hydroxyl groups excluding tert-OH is 1. The van der Waals surface area contributed by atoms with Gasteiger partial charge < -0.3 is 29.7 Å². The maximum Gasteiger partial charge on any atom is 0.328 e. The van der Waals surface area contributed by atoms with E-state index in [1.165, 1.54) is 15.4 Å². The van der Waals surface area contributed by atoms with E-state index >= 15 is 0 Å². The minimum absolute atomic E-state index is 0.0598. The van der Waals surface area contributed by atoms with Crippen LogP contribution in [0.4, 0.5) is 5.69 Å². The van der Waals surface area contributed by atoms with Crippen molar-refractivity contribution in [2.75, 3.05) is 65.8 Å². The summed E-state index contributed by atoms with van der Waals surface area (Å²) in [5.41, 5.74) is 2.27. The minimum atomic E-state index is -1.26. The first-order valence-electron chi connectivity index (χ1n) is 12.3. The molecule has 2 aromatic rings. The highest BCUT2D eigenvalue weighted by Crippen LogP contribution is 2.40. The van der Waals surface area contributed by atoms with Gasteiger partial charge in [-0.1, -0.05) is 42.1 Å². The lowest BCUT2D eigenvalue weighted by Crippen LogP contribution is -2.49. The molecule has 4 rings (SSSR count). The van der Waals surface area contributed by atoms with Gasteiger partial charge in [-0.2, -0.15) is 0 Å². The average molecular weight is 544 g/mol. The van der Waals surface area contributed by atoms with Crippen LogP contribution >= 0.6 is 11.8 Å². The van der Waals surface area contributed by atoms with Crippen molar-refractivity contribution >= 4 is 35.2 Å². The zero-order valence-electron chi connectivity index (χ0n) is 21.1. The van der Waals surface area contributed by atoms with Crippen LogP contribution in [0.1, 0.15) is 5.56 Å². The minimum Gasteiger partial charge on any atom is -0.478 e. The maximum atomic E-state index is 9.55. The van der Waals surface area contributed by atoms with Gasteiger partial charge in [0.05, 0.1) is 38.7 Å². The summed E-state index contributed by atoms with van der Waals surface area (Å²) in [7, 11) is 0. The molecular weight excluding hydrogens is 510 g/mol. The van der Waals surface area contributed by atoms with Crippen molar-refractivity contribution < 1.29 is 34.4 Å². The van der Waals surface area contributed by atoms with Gasteiger partial charge in [-0.05, 0) is 18.2 Å². The van der Waals surface area contributed by atoms with Gasteiger partial charge in [0.2, 0.25) is 0 Å². The Labute approximate surface area is 226 Å². The van der Waals surface area contributed by atoms with Crippen LogP contribution in [0, 0.1) is 0 Å². The zero-order chi connectivity index (χ0) is 27.2. The summed E-state index contributed by atoms with van der Waals surface area (Å²) in [6.45, 7) is 7.09. The van der Waals surface area contributed by atoms with Crippen LogP contribution in [0.5, 0.6) is 0 Å². The monoisotopic (exact) mass is 543 g/mol. The third-order valence-corrected chi connectivity index (χ3v) is 6.78. The molecule has 0 aromatic heterocycles. The molecule has 10 nitrogen and oxygen atoms in total. The molecule has 0 spiro atoms. The average Bonchev–Trinajstić information content (AvgIpc) is 3.09. The second-order valence-corrected chi connectivity index (χ2v) is 9.37. The zero-order valence-corrected chi connectivity index (χ0v) is 21.9. The summed E-state index contributed by atoms with van der Waals surface area (Å²) < 4.78 is 10.8. The summed E-state index contributed by atoms with van der Waals surface area (Å²) >= 11 is 1.80. The van der Waals surface area contributed by atoms with Crippen molar-refractivity contribution in [3.05, 3.63) is 66.2 Å². The fourth-order valence-electron chi connectivity index (χ4n) is 3.82. The lowest BCUT2D eigenvalue weighted by molar-refractivity contribution is -0.134. The third-order valence-electron chi connectivity index (χ3n) is 5.64. The van der Waals surface area contributed by atoms with Crippen LogP contribution in [-0.2, 0) is 19.1 Å². The number of para-hydroxylation sites is 1. The van der Waals surface area contributed by atoms with Gasteiger partial charge in [0, 0.05) is 60.2 Å². The van der Waals surface area contributed by atoms with E-state index in [1.54, 1.807) is 11.8 Å². The Bertz CT molecular complexity index is 1100. The first-order valence-corrected chi connectivity index (χ1v) is 13.1. The van der Waals surface area contributed by atoms with Gasteiger partial charge in [0.1, 0.15) is 5.84 Å². The van der Waals surface area contributed by atoms with Gasteiger partial charge in [-0.25, -0.2) is 14.6 Å². The maximum absolute atomic E-state index is 9.55. The van der Waals surface area contributed by atoms with Crippen LogP contribution < -0.4 is 0 Å². The first kappa shape index (κ1) is 29.3. The Morgan fingerprint density at radius 3 is 2.11 bits per heavy atom. The number of fused-ring (bicyclic) bond motifs is 2. The topological polar surface area (TPSA) is 132 Å². The number of benzene rings is 2. The molecule has 0 amide bonds. The molecule has 1 fully saturated rings. The van der Waals surface area contributed by atoms with Crippen molar-refractivity contribution in [3.63, 3.8) is 0 Å². The predicted octanol–water partition coefficient (Wildman–Crippen LogP) is 2.58. The van der Waals surface area contributed by atoms with Crippen molar-refractivity contribution in [3.8, 4) is 0 Å². The highest BCUT2D eigenvalue weighted by Gasteiger charge is 2.25. The fraction of sp³-hybridized carbons (Fsp3) is 0.370. The van der Waals surface area contributed by atoms with E-state index in [9.17, 15) is 9.59 Å². The molecule has 3 N–H and O–H groups in total. The predicted molar refractivity (Wildman–Crippen MR) is 144 cm³/mol. The molecule has 11 heteroatoms. The second kappa shape index (κ2) is 15.9. The standard InChI is InChI=1S/C23H29N3O3S.C4H4O4/c27-14-16-29-18-17-28-15-13-25-9-11-26(12-10-25)23-19-5-1-3-7-21(19)30-22-8-4-2-6-20(22)24-23;5-3(6)1-2-4(7)8/h1-8,27H,9-18H2;1-2H,(H,5,6)(H,7,8)/b;2-1-. The number of aliphatic carboxylic acids is 2. The van der Waals surface area contributed by atoms with Crippen molar-refractivity contribution in [2.45, 2.75) is 9.79 Å². The number of hydrogen-bond acceptors (Lipinski definition) is 9. The van der Waals surface area contributed by atoms with E-state index in [2.05, 4.69) is 58.3 Å². The van der Waals surface area contributed by atoms with Crippen LogP contribution in [0.2, 0.25) is 0 Å². The number of hydrogen-bond donors (Lipinski definition) is 3.